The van der Waals surface area contributed by atoms with Crippen molar-refractivity contribution in [1.29, 1.82) is 0 Å². The van der Waals surface area contributed by atoms with Crippen molar-refractivity contribution in [2.24, 2.45) is 10.9 Å². The fourth-order valence-corrected chi connectivity index (χ4v) is 4.50. The van der Waals surface area contributed by atoms with E-state index in [0.29, 0.717) is 40.4 Å². The molecule has 0 radical (unpaired) electrons. The molecule has 0 aliphatic carbocycles. The summed E-state index contributed by atoms with van der Waals surface area (Å²) in [4.78, 5) is 4.81. The van der Waals surface area contributed by atoms with Gasteiger partial charge in [0.1, 0.15) is 6.61 Å². The highest BCUT2D eigenvalue weighted by Crippen LogP contribution is 2.51. The van der Waals surface area contributed by atoms with Gasteiger partial charge in [-0.15, -0.1) is 0 Å². The molecular weight excluding hydrogens is 394 g/mol. The molecule has 2 aromatic rings. The molecule has 3 aliphatic rings. The summed E-state index contributed by atoms with van der Waals surface area (Å²) < 4.78 is 33.4. The molecule has 0 saturated carbocycles. The van der Waals surface area contributed by atoms with E-state index in [1.165, 1.54) is 0 Å². The Morgan fingerprint density at radius 3 is 2.24 bits per heavy atom. The Kier molecular flexibility index (Phi) is 4.24. The number of ether oxygens (including phenoxy) is 6. The van der Waals surface area contributed by atoms with Crippen LogP contribution in [0.3, 0.4) is 0 Å². The van der Waals surface area contributed by atoms with E-state index in [0.717, 1.165) is 22.5 Å². The Balaban J connectivity index is 1.73. The molecule has 3 heterocycles. The van der Waals surface area contributed by atoms with E-state index in [1.54, 1.807) is 21.3 Å². The molecule has 2 unspecified atom stereocenters. The van der Waals surface area contributed by atoms with Gasteiger partial charge in [-0.25, -0.2) is 0 Å². The normalized spacial score (nSPS) is 21.1. The van der Waals surface area contributed by atoms with Crippen LogP contribution in [0.25, 0.3) is 0 Å². The van der Waals surface area contributed by atoms with Crippen molar-refractivity contribution in [2.75, 3.05) is 34.7 Å². The molecule has 0 amide bonds. The number of fused-ring (bicyclic) bond motifs is 3. The second kappa shape index (κ2) is 6.81. The van der Waals surface area contributed by atoms with Crippen molar-refractivity contribution in [3.8, 4) is 28.7 Å². The summed E-state index contributed by atoms with van der Waals surface area (Å²) in [5.41, 5.74) is 3.68. The minimum Gasteiger partial charge on any atom is -0.493 e. The molecule has 7 nitrogen and oxygen atoms in total. The highest BCUT2D eigenvalue weighted by Gasteiger charge is 2.43. The van der Waals surface area contributed by atoms with Gasteiger partial charge in [0.25, 0.3) is 0 Å². The highest BCUT2D eigenvalue weighted by molar-refractivity contribution is 7.80. The first kappa shape index (κ1) is 18.1. The van der Waals surface area contributed by atoms with Crippen LogP contribution in [0.4, 0.5) is 5.69 Å². The minimum atomic E-state index is -0.152. The SMILES string of the molecule is COc1cc(C2c3cc4c(cc3N=C3COC(=S)C32)OCO4)cc(OC)c1OC. The average molecular weight is 413 g/mol. The molecule has 5 rings (SSSR count). The monoisotopic (exact) mass is 413 g/mol. The zero-order valence-electron chi connectivity index (χ0n) is 16.2. The molecule has 2 atom stereocenters. The maximum atomic E-state index is 5.69. The van der Waals surface area contributed by atoms with Gasteiger partial charge < -0.3 is 28.4 Å². The van der Waals surface area contributed by atoms with Crippen LogP contribution in [0.15, 0.2) is 29.3 Å². The first-order valence-corrected chi connectivity index (χ1v) is 9.53. The van der Waals surface area contributed by atoms with E-state index in [-0.39, 0.29) is 18.6 Å². The Morgan fingerprint density at radius 2 is 1.59 bits per heavy atom. The molecular formula is C21H19NO6S. The van der Waals surface area contributed by atoms with Gasteiger partial charge in [-0.2, -0.15) is 0 Å². The highest BCUT2D eigenvalue weighted by atomic mass is 32.1. The number of thiocarbonyl (C=S) groups is 1. The summed E-state index contributed by atoms with van der Waals surface area (Å²) in [6.07, 6.45) is 0. The number of rotatable bonds is 4. The third-order valence-electron chi connectivity index (χ3n) is 5.48. The summed E-state index contributed by atoms with van der Waals surface area (Å²) >= 11 is 5.55. The number of hydrogen-bond acceptors (Lipinski definition) is 8. The van der Waals surface area contributed by atoms with Crippen LogP contribution in [0, 0.1) is 5.92 Å². The van der Waals surface area contributed by atoms with Gasteiger partial charge in [-0.05, 0) is 41.5 Å². The van der Waals surface area contributed by atoms with E-state index in [9.17, 15) is 0 Å². The van der Waals surface area contributed by atoms with Crippen LogP contribution in [-0.4, -0.2) is 45.5 Å². The average Bonchev–Trinajstić information content (AvgIpc) is 3.35. The maximum Gasteiger partial charge on any atom is 0.231 e. The standard InChI is InChI=1S/C21H19NO6S/c1-23-16-4-10(5-17(24-2)20(16)25-3)18-11-6-14-15(28-9-27-14)7-12(11)22-13-8-26-21(29)19(13)18/h4-7,18-19H,8-9H2,1-3H3. The zero-order chi connectivity index (χ0) is 20.1. The summed E-state index contributed by atoms with van der Waals surface area (Å²) in [5, 5.41) is 0.533. The second-order valence-corrected chi connectivity index (χ2v) is 7.29. The van der Waals surface area contributed by atoms with Gasteiger partial charge in [0, 0.05) is 12.0 Å². The topological polar surface area (TPSA) is 67.7 Å². The molecule has 0 spiro atoms. The molecule has 150 valence electrons. The van der Waals surface area contributed by atoms with Crippen LogP contribution in [0.5, 0.6) is 28.7 Å². The quantitative estimate of drug-likeness (QED) is 0.709. The summed E-state index contributed by atoms with van der Waals surface area (Å²) in [6.45, 7) is 0.590. The van der Waals surface area contributed by atoms with Crippen molar-refractivity contribution in [3.63, 3.8) is 0 Å². The Morgan fingerprint density at radius 1 is 0.897 bits per heavy atom. The predicted molar refractivity (Wildman–Crippen MR) is 110 cm³/mol. The van der Waals surface area contributed by atoms with E-state index >= 15 is 0 Å². The first-order chi connectivity index (χ1) is 14.1. The number of benzene rings is 2. The lowest BCUT2D eigenvalue weighted by Gasteiger charge is -2.29. The zero-order valence-corrected chi connectivity index (χ0v) is 17.0. The van der Waals surface area contributed by atoms with Crippen LogP contribution in [0.1, 0.15) is 17.0 Å². The number of hydrogen-bond donors (Lipinski definition) is 0. The first-order valence-electron chi connectivity index (χ1n) is 9.12. The molecule has 3 aliphatic heterocycles. The van der Waals surface area contributed by atoms with Gasteiger partial charge >= 0.3 is 0 Å². The Bertz CT molecular complexity index is 1020. The van der Waals surface area contributed by atoms with Gasteiger partial charge in [0.2, 0.25) is 12.5 Å². The lowest BCUT2D eigenvalue weighted by molar-refractivity contribution is 0.174. The van der Waals surface area contributed by atoms with Crippen LogP contribution < -0.4 is 23.7 Å². The molecule has 1 fully saturated rings. The summed E-state index contributed by atoms with van der Waals surface area (Å²) in [5.74, 6) is 2.81. The molecule has 0 N–H and O–H groups in total. The number of aliphatic imine (C=N–C) groups is 1. The number of nitrogens with zero attached hydrogens (tertiary/aromatic N) is 1. The molecule has 2 aromatic carbocycles. The summed E-state index contributed by atoms with van der Waals surface area (Å²) in [7, 11) is 4.79. The van der Waals surface area contributed by atoms with E-state index in [2.05, 4.69) is 0 Å². The maximum absolute atomic E-state index is 5.69. The van der Waals surface area contributed by atoms with Crippen molar-refractivity contribution >= 4 is 28.7 Å². The van der Waals surface area contributed by atoms with Crippen molar-refractivity contribution in [3.05, 3.63) is 35.4 Å². The van der Waals surface area contributed by atoms with Crippen LogP contribution in [0.2, 0.25) is 0 Å². The van der Waals surface area contributed by atoms with Gasteiger partial charge in [-0.3, -0.25) is 4.99 Å². The molecule has 29 heavy (non-hydrogen) atoms. The van der Waals surface area contributed by atoms with Gasteiger partial charge in [0.15, 0.2) is 28.0 Å². The number of methoxy groups -OCH3 is 3. The van der Waals surface area contributed by atoms with Crippen molar-refractivity contribution < 1.29 is 28.4 Å². The Labute approximate surface area is 173 Å². The van der Waals surface area contributed by atoms with Gasteiger partial charge in [-0.1, -0.05) is 0 Å². The minimum absolute atomic E-state index is 0.129. The second-order valence-electron chi connectivity index (χ2n) is 6.89. The lowest BCUT2D eigenvalue weighted by Crippen LogP contribution is -2.27. The predicted octanol–water partition coefficient (Wildman–Crippen LogP) is 3.63. The van der Waals surface area contributed by atoms with Crippen molar-refractivity contribution in [2.45, 2.75) is 5.92 Å². The largest absolute Gasteiger partial charge is 0.493 e. The van der Waals surface area contributed by atoms with Crippen LogP contribution >= 0.6 is 12.2 Å². The lowest BCUT2D eigenvalue weighted by atomic mass is 9.76. The van der Waals surface area contributed by atoms with E-state index in [1.807, 2.05) is 24.3 Å². The third-order valence-corrected chi connectivity index (χ3v) is 5.85. The molecule has 0 aromatic heterocycles. The third kappa shape index (κ3) is 2.70. The fraction of sp³-hybridized carbons (Fsp3) is 0.333. The summed E-state index contributed by atoms with van der Waals surface area (Å²) in [6, 6.07) is 7.79. The fourth-order valence-electron chi connectivity index (χ4n) is 4.17. The van der Waals surface area contributed by atoms with E-state index < -0.39 is 0 Å². The Hall–Kier alpha value is -3.00. The molecule has 0 bridgehead atoms. The van der Waals surface area contributed by atoms with Crippen molar-refractivity contribution in [1.82, 2.24) is 0 Å². The smallest absolute Gasteiger partial charge is 0.231 e. The van der Waals surface area contributed by atoms with Gasteiger partial charge in [0.05, 0.1) is 38.6 Å². The van der Waals surface area contributed by atoms with Crippen LogP contribution in [-0.2, 0) is 4.74 Å². The molecule has 8 heteroatoms. The van der Waals surface area contributed by atoms with E-state index in [4.69, 9.17) is 45.6 Å². The molecule has 1 saturated heterocycles.